The first-order valence-electron chi connectivity index (χ1n) is 16.6. The predicted octanol–water partition coefficient (Wildman–Crippen LogP) is 9.19. The van der Waals surface area contributed by atoms with Gasteiger partial charge in [-0.15, -0.1) is 0 Å². The summed E-state index contributed by atoms with van der Waals surface area (Å²) in [7, 11) is 0. The standard InChI is InChI=1S/C42H42N2O2/c45-41(37-27-25-35(26-28-37)33-15-7-2-8-16-33)44-40(20-12-4-11-19-38-29-39(38)36-17-9-3-10-18-36)42(46)43-30-31-21-23-34(24-22-31)32-13-5-1-6-14-32/h1-3,5-10,13-18,21-28,38-40H,4,11-12,19-20,29-30H2,(H,43,46)(H,44,45)/t38?,39?,40-/m0/s1. The second-order valence-corrected chi connectivity index (χ2v) is 12.4. The van der Waals surface area contributed by atoms with Gasteiger partial charge in [-0.1, -0.05) is 147 Å². The Hall–Kier alpha value is -4.96. The van der Waals surface area contributed by atoms with E-state index in [9.17, 15) is 9.59 Å². The molecule has 1 saturated carbocycles. The Kier molecular flexibility index (Phi) is 10.4. The summed E-state index contributed by atoms with van der Waals surface area (Å²) in [5, 5.41) is 6.13. The van der Waals surface area contributed by atoms with Crippen LogP contribution in [0.5, 0.6) is 0 Å². The maximum Gasteiger partial charge on any atom is 0.251 e. The van der Waals surface area contributed by atoms with E-state index in [0.717, 1.165) is 53.0 Å². The van der Waals surface area contributed by atoms with Crippen LogP contribution in [-0.4, -0.2) is 17.9 Å². The van der Waals surface area contributed by atoms with Crippen LogP contribution in [0.15, 0.2) is 140 Å². The first-order valence-corrected chi connectivity index (χ1v) is 16.6. The Bertz CT molecular complexity index is 1680. The lowest BCUT2D eigenvalue weighted by Gasteiger charge is -2.19. The van der Waals surface area contributed by atoms with Crippen molar-refractivity contribution in [3.8, 4) is 22.3 Å². The van der Waals surface area contributed by atoms with E-state index in [1.54, 1.807) is 0 Å². The highest BCUT2D eigenvalue weighted by Crippen LogP contribution is 2.50. The van der Waals surface area contributed by atoms with Crippen LogP contribution < -0.4 is 10.6 Å². The molecule has 2 unspecified atom stereocenters. The Morgan fingerprint density at radius 1 is 0.609 bits per heavy atom. The lowest BCUT2D eigenvalue weighted by atomic mass is 10.0. The number of benzene rings is 5. The van der Waals surface area contributed by atoms with E-state index in [0.29, 0.717) is 24.4 Å². The molecule has 4 nitrogen and oxygen atoms in total. The minimum atomic E-state index is -0.595. The number of nitrogens with one attached hydrogen (secondary N) is 2. The van der Waals surface area contributed by atoms with Gasteiger partial charge in [0.15, 0.2) is 0 Å². The van der Waals surface area contributed by atoms with Crippen LogP contribution in [0, 0.1) is 5.92 Å². The van der Waals surface area contributed by atoms with Crippen molar-refractivity contribution in [1.82, 2.24) is 10.6 Å². The van der Waals surface area contributed by atoms with E-state index >= 15 is 0 Å². The van der Waals surface area contributed by atoms with Crippen molar-refractivity contribution in [2.75, 3.05) is 0 Å². The predicted molar refractivity (Wildman–Crippen MR) is 187 cm³/mol. The van der Waals surface area contributed by atoms with Crippen molar-refractivity contribution >= 4 is 11.8 Å². The average Bonchev–Trinajstić information content (AvgIpc) is 3.91. The summed E-state index contributed by atoms with van der Waals surface area (Å²) >= 11 is 0. The summed E-state index contributed by atoms with van der Waals surface area (Å²) in [6.07, 6.45) is 6.19. The fourth-order valence-electron chi connectivity index (χ4n) is 6.32. The largest absolute Gasteiger partial charge is 0.350 e. The van der Waals surface area contributed by atoms with E-state index in [-0.39, 0.29) is 11.8 Å². The SMILES string of the molecule is O=C(N[C@@H](CCCCCC1CC1c1ccccc1)C(=O)NCc1ccc(-c2ccccc2)cc1)c1ccc(-c2ccccc2)cc1. The minimum absolute atomic E-state index is 0.146. The molecule has 2 amide bonds. The van der Waals surface area contributed by atoms with E-state index in [2.05, 4.69) is 77.4 Å². The molecule has 1 aliphatic carbocycles. The zero-order chi connectivity index (χ0) is 31.6. The first-order chi connectivity index (χ1) is 22.6. The number of hydrogen-bond donors (Lipinski definition) is 2. The van der Waals surface area contributed by atoms with Gasteiger partial charge in [-0.25, -0.2) is 0 Å². The topological polar surface area (TPSA) is 58.2 Å². The van der Waals surface area contributed by atoms with Gasteiger partial charge in [0.25, 0.3) is 5.91 Å². The number of rotatable bonds is 14. The molecule has 5 aromatic carbocycles. The Balaban J connectivity index is 1.04. The van der Waals surface area contributed by atoms with E-state index in [1.165, 1.54) is 18.4 Å². The third-order valence-corrected chi connectivity index (χ3v) is 9.12. The fraction of sp³-hybridized carbons (Fsp3) is 0.238. The molecule has 0 aliphatic heterocycles. The third kappa shape index (κ3) is 8.39. The average molecular weight is 607 g/mol. The van der Waals surface area contributed by atoms with Crippen molar-refractivity contribution < 1.29 is 9.59 Å². The van der Waals surface area contributed by atoms with Gasteiger partial charge in [0.05, 0.1) is 0 Å². The molecule has 0 heterocycles. The van der Waals surface area contributed by atoms with Gasteiger partial charge in [0, 0.05) is 12.1 Å². The van der Waals surface area contributed by atoms with Gasteiger partial charge in [-0.3, -0.25) is 9.59 Å². The van der Waals surface area contributed by atoms with E-state index < -0.39 is 6.04 Å². The maximum absolute atomic E-state index is 13.5. The quantitative estimate of drug-likeness (QED) is 0.124. The molecule has 2 N–H and O–H groups in total. The van der Waals surface area contributed by atoms with Crippen LogP contribution in [0.2, 0.25) is 0 Å². The van der Waals surface area contributed by atoms with Crippen molar-refractivity contribution in [2.24, 2.45) is 5.92 Å². The number of hydrogen-bond acceptors (Lipinski definition) is 2. The lowest BCUT2D eigenvalue weighted by Crippen LogP contribution is -2.46. The molecule has 3 atom stereocenters. The van der Waals surface area contributed by atoms with Gasteiger partial charge < -0.3 is 10.6 Å². The Morgan fingerprint density at radius 2 is 1.15 bits per heavy atom. The summed E-state index contributed by atoms with van der Waals surface area (Å²) in [4.78, 5) is 26.8. The van der Waals surface area contributed by atoms with Crippen molar-refractivity contribution in [3.05, 3.63) is 156 Å². The molecule has 0 aromatic heterocycles. The molecule has 1 aliphatic rings. The highest BCUT2D eigenvalue weighted by Gasteiger charge is 2.37. The molecule has 0 spiro atoms. The van der Waals surface area contributed by atoms with Crippen LogP contribution in [0.4, 0.5) is 0 Å². The van der Waals surface area contributed by atoms with Crippen LogP contribution in [0.1, 0.15) is 65.9 Å². The van der Waals surface area contributed by atoms with Crippen molar-refractivity contribution in [2.45, 2.75) is 57.0 Å². The monoisotopic (exact) mass is 606 g/mol. The maximum atomic E-state index is 13.5. The molecule has 0 saturated heterocycles. The molecule has 5 aromatic rings. The van der Waals surface area contributed by atoms with Crippen LogP contribution >= 0.6 is 0 Å². The van der Waals surface area contributed by atoms with Crippen LogP contribution in [0.25, 0.3) is 22.3 Å². The lowest BCUT2D eigenvalue weighted by molar-refractivity contribution is -0.123. The van der Waals surface area contributed by atoms with Crippen molar-refractivity contribution in [1.29, 1.82) is 0 Å². The molecule has 232 valence electrons. The zero-order valence-electron chi connectivity index (χ0n) is 26.3. The summed E-state index contributed by atoms with van der Waals surface area (Å²) in [5.74, 6) is 1.10. The van der Waals surface area contributed by atoms with Crippen molar-refractivity contribution in [3.63, 3.8) is 0 Å². The fourth-order valence-corrected chi connectivity index (χ4v) is 6.32. The Morgan fingerprint density at radius 3 is 1.76 bits per heavy atom. The van der Waals surface area contributed by atoms with Gasteiger partial charge in [-0.2, -0.15) is 0 Å². The minimum Gasteiger partial charge on any atom is -0.350 e. The van der Waals surface area contributed by atoms with Gasteiger partial charge >= 0.3 is 0 Å². The van der Waals surface area contributed by atoms with E-state index in [4.69, 9.17) is 0 Å². The number of carbonyl (C=O) groups is 2. The zero-order valence-corrected chi connectivity index (χ0v) is 26.3. The third-order valence-electron chi connectivity index (χ3n) is 9.12. The molecule has 1 fully saturated rings. The van der Waals surface area contributed by atoms with Gasteiger partial charge in [0.1, 0.15) is 6.04 Å². The van der Waals surface area contributed by atoms with Crippen LogP contribution in [-0.2, 0) is 11.3 Å². The highest BCUT2D eigenvalue weighted by atomic mass is 16.2. The number of amides is 2. The second kappa shape index (κ2) is 15.4. The summed E-state index contributed by atoms with van der Waals surface area (Å²) in [6, 6.07) is 46.4. The van der Waals surface area contributed by atoms with Crippen LogP contribution in [0.3, 0.4) is 0 Å². The highest BCUT2D eigenvalue weighted by molar-refractivity contribution is 5.97. The number of unbranched alkanes of at least 4 members (excludes halogenated alkanes) is 2. The molecular formula is C42H42N2O2. The van der Waals surface area contributed by atoms with E-state index in [1.807, 2.05) is 72.8 Å². The molecule has 6 rings (SSSR count). The molecule has 0 bridgehead atoms. The summed E-state index contributed by atoms with van der Waals surface area (Å²) in [5.41, 5.74) is 7.48. The smallest absolute Gasteiger partial charge is 0.251 e. The molecular weight excluding hydrogens is 564 g/mol. The summed E-state index contributed by atoms with van der Waals surface area (Å²) in [6.45, 7) is 0.411. The summed E-state index contributed by atoms with van der Waals surface area (Å²) < 4.78 is 0. The number of carbonyl (C=O) groups excluding carboxylic acids is 2. The second-order valence-electron chi connectivity index (χ2n) is 12.4. The molecule has 4 heteroatoms. The Labute approximate surface area is 272 Å². The van der Waals surface area contributed by atoms with Gasteiger partial charge in [0.2, 0.25) is 5.91 Å². The normalized spacial score (nSPS) is 15.9. The van der Waals surface area contributed by atoms with Gasteiger partial charge in [-0.05, 0) is 76.6 Å². The first kappa shape index (κ1) is 31.0. The molecule has 0 radical (unpaired) electrons. The molecule has 46 heavy (non-hydrogen) atoms.